The molecule has 118 valence electrons. The van der Waals surface area contributed by atoms with Crippen molar-refractivity contribution < 1.29 is 14.3 Å². The molecule has 22 heavy (non-hydrogen) atoms. The van der Waals surface area contributed by atoms with Crippen LogP contribution in [0.25, 0.3) is 0 Å². The van der Waals surface area contributed by atoms with Gasteiger partial charge in [0.05, 0.1) is 11.7 Å². The average Bonchev–Trinajstić information content (AvgIpc) is 2.97. The number of nitrogens with one attached hydrogen (secondary N) is 1. The fourth-order valence-corrected chi connectivity index (χ4v) is 3.22. The van der Waals surface area contributed by atoms with E-state index in [1.165, 1.54) is 0 Å². The third kappa shape index (κ3) is 2.83. The van der Waals surface area contributed by atoms with Gasteiger partial charge in [-0.2, -0.15) is 0 Å². The number of likely N-dealkylation sites (tertiary alicyclic amines) is 1. The van der Waals surface area contributed by atoms with Gasteiger partial charge in [0.1, 0.15) is 6.10 Å². The summed E-state index contributed by atoms with van der Waals surface area (Å²) in [7, 11) is 1.62. The zero-order chi connectivity index (χ0) is 15.7. The van der Waals surface area contributed by atoms with Crippen molar-refractivity contribution >= 4 is 11.8 Å². The minimum Gasteiger partial charge on any atom is -0.363 e. The largest absolute Gasteiger partial charge is 0.363 e. The van der Waals surface area contributed by atoms with Crippen LogP contribution in [0, 0.1) is 12.8 Å². The lowest BCUT2D eigenvalue weighted by molar-refractivity contribution is -0.132. The van der Waals surface area contributed by atoms with Crippen molar-refractivity contribution in [2.24, 2.45) is 5.92 Å². The maximum absolute atomic E-state index is 12.5. The van der Waals surface area contributed by atoms with Crippen LogP contribution in [0.3, 0.4) is 0 Å². The summed E-state index contributed by atoms with van der Waals surface area (Å²) in [6.45, 7) is 3.15. The number of nitrogens with zero attached hydrogens (tertiary/aromatic N) is 2. The first-order valence-electron chi connectivity index (χ1n) is 7.67. The Labute approximate surface area is 129 Å². The van der Waals surface area contributed by atoms with Gasteiger partial charge in [0.2, 0.25) is 5.91 Å². The molecule has 2 amide bonds. The zero-order valence-electron chi connectivity index (χ0n) is 12.9. The van der Waals surface area contributed by atoms with Crippen molar-refractivity contribution in [2.45, 2.75) is 32.0 Å². The fourth-order valence-electron chi connectivity index (χ4n) is 3.22. The lowest BCUT2D eigenvalue weighted by atomic mass is 9.91. The van der Waals surface area contributed by atoms with Crippen LogP contribution in [0.2, 0.25) is 0 Å². The molecule has 2 aliphatic rings. The summed E-state index contributed by atoms with van der Waals surface area (Å²) in [4.78, 5) is 30.2. The molecule has 0 aromatic carbocycles. The molecule has 6 heteroatoms. The number of likely N-dealkylation sites (N-methyl/N-ethyl adjacent to an activating group) is 1. The predicted octanol–water partition coefficient (Wildman–Crippen LogP) is 0.756. The molecule has 0 bridgehead atoms. The van der Waals surface area contributed by atoms with E-state index in [9.17, 15) is 9.59 Å². The van der Waals surface area contributed by atoms with Gasteiger partial charge in [-0.3, -0.25) is 14.6 Å². The van der Waals surface area contributed by atoms with E-state index in [-0.39, 0.29) is 24.0 Å². The second kappa shape index (κ2) is 6.04. The van der Waals surface area contributed by atoms with Gasteiger partial charge in [-0.25, -0.2) is 0 Å². The van der Waals surface area contributed by atoms with Crippen molar-refractivity contribution in [3.63, 3.8) is 0 Å². The van der Waals surface area contributed by atoms with E-state index in [1.807, 2.05) is 13.0 Å². The summed E-state index contributed by atoms with van der Waals surface area (Å²) in [5.74, 6) is 0.274. The van der Waals surface area contributed by atoms with Crippen molar-refractivity contribution in [2.75, 3.05) is 20.1 Å². The van der Waals surface area contributed by atoms with Gasteiger partial charge in [-0.1, -0.05) is 0 Å². The molecule has 1 N–H and O–H groups in total. The van der Waals surface area contributed by atoms with Gasteiger partial charge in [0, 0.05) is 32.0 Å². The minimum atomic E-state index is -0.379. The van der Waals surface area contributed by atoms with Crippen molar-refractivity contribution in [3.05, 3.63) is 29.6 Å². The van der Waals surface area contributed by atoms with Crippen LogP contribution >= 0.6 is 0 Å². The quantitative estimate of drug-likeness (QED) is 0.875. The second-order valence-electron chi connectivity index (χ2n) is 6.00. The summed E-state index contributed by atoms with van der Waals surface area (Å²) >= 11 is 0. The highest BCUT2D eigenvalue weighted by atomic mass is 16.5. The van der Waals surface area contributed by atoms with Crippen LogP contribution in [0.5, 0.6) is 0 Å². The SMILES string of the molecule is CNC(=O)[C@H]1C[C@@H]2CCN(C(=O)c3ccc(C)nc3)C[C@@H]2O1. The molecular weight excluding hydrogens is 282 g/mol. The first-order valence-corrected chi connectivity index (χ1v) is 7.67. The Balaban J connectivity index is 1.65. The molecule has 2 saturated heterocycles. The highest BCUT2D eigenvalue weighted by Gasteiger charge is 2.42. The second-order valence-corrected chi connectivity index (χ2v) is 6.00. The van der Waals surface area contributed by atoms with Crippen LogP contribution in [0.1, 0.15) is 28.9 Å². The van der Waals surface area contributed by atoms with Gasteiger partial charge in [-0.15, -0.1) is 0 Å². The lowest BCUT2D eigenvalue weighted by Gasteiger charge is -2.34. The Morgan fingerprint density at radius 3 is 2.91 bits per heavy atom. The maximum Gasteiger partial charge on any atom is 0.255 e. The summed E-state index contributed by atoms with van der Waals surface area (Å²) in [5, 5.41) is 2.63. The van der Waals surface area contributed by atoms with E-state index in [0.29, 0.717) is 24.6 Å². The van der Waals surface area contributed by atoms with E-state index in [4.69, 9.17) is 4.74 Å². The predicted molar refractivity (Wildman–Crippen MR) is 80.3 cm³/mol. The molecule has 0 radical (unpaired) electrons. The molecule has 1 aromatic rings. The summed E-state index contributed by atoms with van der Waals surface area (Å²) < 4.78 is 5.83. The maximum atomic E-state index is 12.5. The van der Waals surface area contributed by atoms with Gasteiger partial charge in [0.25, 0.3) is 5.91 Å². The Morgan fingerprint density at radius 2 is 2.23 bits per heavy atom. The number of aryl methyl sites for hydroxylation is 1. The third-order valence-electron chi connectivity index (χ3n) is 4.54. The number of pyridine rings is 1. The molecule has 3 heterocycles. The van der Waals surface area contributed by atoms with E-state index in [2.05, 4.69) is 10.3 Å². The molecule has 0 saturated carbocycles. The van der Waals surface area contributed by atoms with E-state index in [0.717, 1.165) is 18.5 Å². The smallest absolute Gasteiger partial charge is 0.255 e. The molecule has 2 aliphatic heterocycles. The van der Waals surface area contributed by atoms with Gasteiger partial charge < -0.3 is 15.0 Å². The number of carbonyl (C=O) groups is 2. The number of hydrogen-bond acceptors (Lipinski definition) is 4. The molecule has 0 unspecified atom stereocenters. The fraction of sp³-hybridized carbons (Fsp3) is 0.562. The van der Waals surface area contributed by atoms with Crippen LogP contribution in [0.15, 0.2) is 18.3 Å². The molecule has 3 atom stereocenters. The van der Waals surface area contributed by atoms with Crippen LogP contribution < -0.4 is 5.32 Å². The number of hydrogen-bond donors (Lipinski definition) is 1. The minimum absolute atomic E-state index is 0.0158. The topological polar surface area (TPSA) is 71.5 Å². The van der Waals surface area contributed by atoms with Crippen molar-refractivity contribution in [1.82, 2.24) is 15.2 Å². The molecule has 1 aromatic heterocycles. The highest BCUT2D eigenvalue weighted by molar-refractivity contribution is 5.94. The molecule has 0 aliphatic carbocycles. The standard InChI is InChI=1S/C16H21N3O3/c1-10-3-4-12(8-18-10)16(21)19-6-5-11-7-13(15(20)17-2)22-14(11)9-19/h3-4,8,11,13-14H,5-7,9H2,1-2H3,(H,17,20)/t11-,13+,14-/m0/s1. The number of carbonyl (C=O) groups excluding carboxylic acids is 2. The van der Waals surface area contributed by atoms with Gasteiger partial charge >= 0.3 is 0 Å². The van der Waals surface area contributed by atoms with Crippen LogP contribution in [-0.4, -0.2) is 54.0 Å². The summed E-state index contributed by atoms with van der Waals surface area (Å²) in [6.07, 6.45) is 2.82. The first-order chi connectivity index (χ1) is 10.6. The lowest BCUT2D eigenvalue weighted by Crippen LogP contribution is -2.45. The number of amides is 2. The average molecular weight is 303 g/mol. The number of aromatic nitrogens is 1. The monoisotopic (exact) mass is 303 g/mol. The molecule has 6 nitrogen and oxygen atoms in total. The summed E-state index contributed by atoms with van der Waals surface area (Å²) in [5.41, 5.74) is 1.49. The Morgan fingerprint density at radius 1 is 1.41 bits per heavy atom. The van der Waals surface area contributed by atoms with E-state index < -0.39 is 0 Å². The Kier molecular flexibility index (Phi) is 4.11. The van der Waals surface area contributed by atoms with E-state index >= 15 is 0 Å². The number of rotatable bonds is 2. The van der Waals surface area contributed by atoms with E-state index in [1.54, 1.807) is 24.2 Å². The highest BCUT2D eigenvalue weighted by Crippen LogP contribution is 2.33. The van der Waals surface area contributed by atoms with Crippen LogP contribution in [-0.2, 0) is 9.53 Å². The number of piperidine rings is 1. The molecule has 2 fully saturated rings. The summed E-state index contributed by atoms with van der Waals surface area (Å²) in [6, 6.07) is 3.65. The van der Waals surface area contributed by atoms with Crippen molar-refractivity contribution in [3.8, 4) is 0 Å². The number of ether oxygens (including phenoxy) is 1. The molecule has 0 spiro atoms. The third-order valence-corrected chi connectivity index (χ3v) is 4.54. The Bertz CT molecular complexity index is 573. The molecule has 3 rings (SSSR count). The first kappa shape index (κ1) is 15.0. The van der Waals surface area contributed by atoms with Gasteiger partial charge in [0.15, 0.2) is 0 Å². The van der Waals surface area contributed by atoms with Crippen molar-refractivity contribution in [1.29, 1.82) is 0 Å². The van der Waals surface area contributed by atoms with Gasteiger partial charge in [-0.05, 0) is 37.8 Å². The van der Waals surface area contributed by atoms with Crippen LogP contribution in [0.4, 0.5) is 0 Å². The molecular formula is C16H21N3O3. The zero-order valence-corrected chi connectivity index (χ0v) is 12.9. The number of fused-ring (bicyclic) bond motifs is 1. The normalized spacial score (nSPS) is 27.4. The Hall–Kier alpha value is -1.95.